The molecule has 0 aliphatic heterocycles. The first kappa shape index (κ1) is 21.3. The molecular weight excluding hydrogens is 404 g/mol. The Hall–Kier alpha value is -3.93. The Balaban J connectivity index is 1.55. The lowest BCUT2D eigenvalue weighted by molar-refractivity contribution is -0.118. The average Bonchev–Trinajstić information content (AvgIpc) is 2.80. The van der Waals surface area contributed by atoms with Gasteiger partial charge in [-0.05, 0) is 48.7 Å². The van der Waals surface area contributed by atoms with E-state index in [2.05, 4.69) is 4.99 Å². The van der Waals surface area contributed by atoms with E-state index < -0.39 is 5.63 Å². The largest absolute Gasteiger partial charge is 0.497 e. The van der Waals surface area contributed by atoms with Crippen LogP contribution in [0.1, 0.15) is 23.1 Å². The minimum Gasteiger partial charge on any atom is -0.497 e. The molecule has 0 spiro atoms. The summed E-state index contributed by atoms with van der Waals surface area (Å²) in [5, 5.41) is 0.827. The van der Waals surface area contributed by atoms with E-state index in [0.717, 1.165) is 16.5 Å². The second-order valence-corrected chi connectivity index (χ2v) is 7.53. The van der Waals surface area contributed by atoms with Gasteiger partial charge in [-0.3, -0.25) is 4.79 Å². The molecule has 2 heterocycles. The van der Waals surface area contributed by atoms with Crippen molar-refractivity contribution in [1.82, 2.24) is 4.57 Å². The number of hydrogen-bond donors (Lipinski definition) is 0. The second-order valence-electron chi connectivity index (χ2n) is 7.53. The smallest absolute Gasteiger partial charge is 0.339 e. The van der Waals surface area contributed by atoms with Gasteiger partial charge >= 0.3 is 5.63 Å². The highest BCUT2D eigenvalue weighted by atomic mass is 16.5. The van der Waals surface area contributed by atoms with E-state index in [1.54, 1.807) is 13.2 Å². The lowest BCUT2D eigenvalue weighted by atomic mass is 10.0. The first-order valence-corrected chi connectivity index (χ1v) is 10.4. The van der Waals surface area contributed by atoms with Gasteiger partial charge in [0.15, 0.2) is 0 Å². The molecule has 0 aliphatic carbocycles. The van der Waals surface area contributed by atoms with Gasteiger partial charge in [-0.1, -0.05) is 36.4 Å². The van der Waals surface area contributed by atoms with Crippen molar-refractivity contribution in [2.45, 2.75) is 26.3 Å². The number of fused-ring (bicyclic) bond motifs is 1. The number of rotatable bonds is 6. The summed E-state index contributed by atoms with van der Waals surface area (Å²) in [6, 6.07) is 20.9. The van der Waals surface area contributed by atoms with Crippen LogP contribution in [0.3, 0.4) is 0 Å². The third-order valence-corrected chi connectivity index (χ3v) is 5.44. The zero-order valence-corrected chi connectivity index (χ0v) is 18.1. The van der Waals surface area contributed by atoms with E-state index in [0.29, 0.717) is 28.9 Å². The van der Waals surface area contributed by atoms with Crippen molar-refractivity contribution in [3.63, 3.8) is 0 Å². The lowest BCUT2D eigenvalue weighted by Gasteiger charge is -2.09. The standard InChI is InChI=1S/C26H24N2O4/c1-18-21-12-11-20(31-2)16-23(21)32-26(30)22(18)13-14-25(29)27-24-10-6-7-15-28(24)17-19-8-4-3-5-9-19/h3-12,15-16H,13-14,17H2,1-2H3. The van der Waals surface area contributed by atoms with Crippen molar-refractivity contribution < 1.29 is 13.9 Å². The number of amides is 1. The zero-order valence-electron chi connectivity index (χ0n) is 18.1. The molecule has 4 aromatic rings. The van der Waals surface area contributed by atoms with Crippen LogP contribution in [-0.2, 0) is 17.8 Å². The fourth-order valence-electron chi connectivity index (χ4n) is 3.69. The molecule has 0 N–H and O–H groups in total. The fourth-order valence-corrected chi connectivity index (χ4v) is 3.69. The van der Waals surface area contributed by atoms with Crippen LogP contribution >= 0.6 is 0 Å². The molecule has 0 unspecified atom stereocenters. The Morgan fingerprint density at radius 1 is 1.06 bits per heavy atom. The van der Waals surface area contributed by atoms with Gasteiger partial charge in [0, 0.05) is 36.2 Å². The number of nitrogens with zero attached hydrogens (tertiary/aromatic N) is 2. The molecule has 6 nitrogen and oxygen atoms in total. The van der Waals surface area contributed by atoms with E-state index in [4.69, 9.17) is 9.15 Å². The molecule has 0 saturated carbocycles. The maximum Gasteiger partial charge on any atom is 0.339 e. The SMILES string of the molecule is COc1ccc2c(C)c(CCC(=O)N=c3ccccn3Cc3ccccc3)c(=O)oc2c1. The van der Waals surface area contributed by atoms with Crippen LogP contribution in [0.15, 0.2) is 87.1 Å². The molecule has 4 rings (SSSR count). The lowest BCUT2D eigenvalue weighted by Crippen LogP contribution is -2.22. The first-order valence-electron chi connectivity index (χ1n) is 10.4. The van der Waals surface area contributed by atoms with Crippen molar-refractivity contribution in [2.24, 2.45) is 4.99 Å². The summed E-state index contributed by atoms with van der Waals surface area (Å²) in [5.41, 5.74) is 3.04. The molecule has 6 heteroatoms. The van der Waals surface area contributed by atoms with Gasteiger partial charge in [0.1, 0.15) is 16.8 Å². The number of carbonyl (C=O) groups is 1. The Bertz CT molecular complexity index is 1380. The van der Waals surface area contributed by atoms with Crippen LogP contribution in [-0.4, -0.2) is 17.6 Å². The van der Waals surface area contributed by atoms with Gasteiger partial charge in [0.2, 0.25) is 5.91 Å². The number of hydrogen-bond acceptors (Lipinski definition) is 4. The molecule has 0 aliphatic rings. The number of aryl methyl sites for hydroxylation is 1. The maximum atomic E-state index is 12.6. The quantitative estimate of drug-likeness (QED) is 0.435. The number of pyridine rings is 1. The summed E-state index contributed by atoms with van der Waals surface area (Å²) >= 11 is 0. The summed E-state index contributed by atoms with van der Waals surface area (Å²) in [4.78, 5) is 29.4. The van der Waals surface area contributed by atoms with Gasteiger partial charge in [0.05, 0.1) is 7.11 Å². The van der Waals surface area contributed by atoms with Crippen LogP contribution < -0.4 is 15.9 Å². The summed E-state index contributed by atoms with van der Waals surface area (Å²) in [6.07, 6.45) is 2.28. The predicted octanol–water partition coefficient (Wildman–Crippen LogP) is 4.02. The number of benzene rings is 2. The average molecular weight is 428 g/mol. The summed E-state index contributed by atoms with van der Waals surface area (Å²) in [6.45, 7) is 2.48. The van der Waals surface area contributed by atoms with Gasteiger partial charge in [0.25, 0.3) is 0 Å². The zero-order chi connectivity index (χ0) is 22.5. The predicted molar refractivity (Wildman–Crippen MR) is 123 cm³/mol. The molecule has 2 aromatic carbocycles. The molecular formula is C26H24N2O4. The van der Waals surface area contributed by atoms with Crippen LogP contribution in [0.25, 0.3) is 11.0 Å². The van der Waals surface area contributed by atoms with Gasteiger partial charge in [-0.2, -0.15) is 4.99 Å². The van der Waals surface area contributed by atoms with Crippen LogP contribution in [0, 0.1) is 6.92 Å². The van der Waals surface area contributed by atoms with Gasteiger partial charge in [-0.15, -0.1) is 0 Å². The highest BCUT2D eigenvalue weighted by Crippen LogP contribution is 2.24. The van der Waals surface area contributed by atoms with Crippen molar-refractivity contribution in [3.05, 3.63) is 106 Å². The van der Waals surface area contributed by atoms with Gasteiger partial charge in [-0.25, -0.2) is 4.79 Å². The minimum absolute atomic E-state index is 0.119. The minimum atomic E-state index is -0.435. The molecule has 0 bridgehead atoms. The molecule has 0 atom stereocenters. The van der Waals surface area contributed by atoms with Gasteiger partial charge < -0.3 is 13.7 Å². The highest BCUT2D eigenvalue weighted by Gasteiger charge is 2.13. The molecule has 2 aromatic heterocycles. The Kier molecular flexibility index (Phi) is 6.31. The molecule has 0 saturated heterocycles. The highest BCUT2D eigenvalue weighted by molar-refractivity contribution is 5.83. The third kappa shape index (κ3) is 4.70. The normalized spacial score (nSPS) is 11.6. The number of aromatic nitrogens is 1. The van der Waals surface area contributed by atoms with Crippen molar-refractivity contribution >= 4 is 16.9 Å². The maximum absolute atomic E-state index is 12.6. The third-order valence-electron chi connectivity index (χ3n) is 5.44. The summed E-state index contributed by atoms with van der Waals surface area (Å²) < 4.78 is 12.6. The van der Waals surface area contributed by atoms with Crippen molar-refractivity contribution in [2.75, 3.05) is 7.11 Å². The topological polar surface area (TPSA) is 73.8 Å². The van der Waals surface area contributed by atoms with Crippen LogP contribution in [0.4, 0.5) is 0 Å². The Morgan fingerprint density at radius 2 is 1.84 bits per heavy atom. The summed E-state index contributed by atoms with van der Waals surface area (Å²) in [5.74, 6) is 0.333. The number of carbonyl (C=O) groups excluding carboxylic acids is 1. The summed E-state index contributed by atoms with van der Waals surface area (Å²) in [7, 11) is 1.56. The van der Waals surface area contributed by atoms with Crippen LogP contribution in [0.5, 0.6) is 5.75 Å². The fraction of sp³-hybridized carbons (Fsp3) is 0.192. The first-order chi connectivity index (χ1) is 15.5. The monoisotopic (exact) mass is 428 g/mol. The molecule has 1 amide bonds. The Labute approximate surface area is 185 Å². The molecule has 0 radical (unpaired) electrons. The van der Waals surface area contributed by atoms with E-state index >= 15 is 0 Å². The van der Waals surface area contributed by atoms with E-state index in [1.165, 1.54) is 0 Å². The molecule has 162 valence electrons. The Morgan fingerprint density at radius 3 is 2.62 bits per heavy atom. The van der Waals surface area contributed by atoms with Crippen molar-refractivity contribution in [1.29, 1.82) is 0 Å². The second kappa shape index (κ2) is 9.47. The van der Waals surface area contributed by atoms with E-state index in [1.807, 2.05) is 78.4 Å². The molecule has 0 fully saturated rings. The molecule has 32 heavy (non-hydrogen) atoms. The number of ether oxygens (including phenoxy) is 1. The van der Waals surface area contributed by atoms with Crippen LogP contribution in [0.2, 0.25) is 0 Å². The number of methoxy groups -OCH3 is 1. The van der Waals surface area contributed by atoms with Crippen molar-refractivity contribution in [3.8, 4) is 5.75 Å². The van der Waals surface area contributed by atoms with E-state index in [9.17, 15) is 9.59 Å². The van der Waals surface area contributed by atoms with E-state index in [-0.39, 0.29) is 18.7 Å².